The number of rotatable bonds is 16. The van der Waals surface area contributed by atoms with Gasteiger partial charge in [0.25, 0.3) is 5.91 Å². The normalized spacial score (nSPS) is 18.5. The lowest BCUT2D eigenvalue weighted by Crippen LogP contribution is -2.44. The molecule has 0 spiro atoms. The third kappa shape index (κ3) is 11.4. The van der Waals surface area contributed by atoms with Crippen LogP contribution in [0.15, 0.2) is 36.4 Å². The van der Waals surface area contributed by atoms with Crippen LogP contribution in [0.3, 0.4) is 0 Å². The Morgan fingerprint density at radius 2 is 1.76 bits per heavy atom. The van der Waals surface area contributed by atoms with Crippen molar-refractivity contribution in [1.82, 2.24) is 31.2 Å². The third-order valence-electron chi connectivity index (χ3n) is 8.39. The monoisotopic (exact) mass is 722 g/mol. The van der Waals surface area contributed by atoms with Crippen LogP contribution < -0.4 is 26.0 Å². The zero-order valence-corrected chi connectivity index (χ0v) is 29.2. The van der Waals surface area contributed by atoms with E-state index in [4.69, 9.17) is 4.74 Å². The number of nitrogens with one attached hydrogen (secondary N) is 4. The van der Waals surface area contributed by atoms with Crippen molar-refractivity contribution >= 4 is 35.7 Å². The number of nitrogens with zero attached hydrogens (tertiary/aromatic N) is 2. The lowest BCUT2D eigenvalue weighted by molar-refractivity contribution is -0.141. The Morgan fingerprint density at radius 3 is 2.46 bits per heavy atom. The number of thioether (sulfide) groups is 1. The van der Waals surface area contributed by atoms with Gasteiger partial charge in [-0.1, -0.05) is 12.5 Å². The Labute approximate surface area is 293 Å². The highest BCUT2D eigenvalue weighted by molar-refractivity contribution is 8.00. The van der Waals surface area contributed by atoms with Gasteiger partial charge >= 0.3 is 18.3 Å². The number of aromatic nitrogens is 1. The maximum atomic E-state index is 13.6. The first kappa shape index (κ1) is 38.6. The molecule has 274 valence electrons. The predicted molar refractivity (Wildman–Crippen MR) is 182 cm³/mol. The van der Waals surface area contributed by atoms with E-state index in [-0.39, 0.29) is 53.4 Å². The fourth-order valence-electron chi connectivity index (χ4n) is 5.76. The predicted octanol–water partition coefficient (Wildman–Crippen LogP) is 5.91. The Bertz CT molecular complexity index is 1520. The van der Waals surface area contributed by atoms with Gasteiger partial charge in [-0.15, -0.1) is 0 Å². The molecule has 3 heterocycles. The van der Waals surface area contributed by atoms with E-state index < -0.39 is 29.4 Å². The second kappa shape index (κ2) is 17.1. The molecule has 2 aromatic rings. The molecule has 0 saturated carbocycles. The van der Waals surface area contributed by atoms with Gasteiger partial charge in [-0.05, 0) is 82.7 Å². The summed E-state index contributed by atoms with van der Waals surface area (Å²) in [6.45, 7) is 5.51. The number of carbonyl (C=O) groups is 4. The van der Waals surface area contributed by atoms with Gasteiger partial charge < -0.3 is 31.1 Å². The van der Waals surface area contributed by atoms with Gasteiger partial charge in [0.15, 0.2) is 0 Å². The van der Waals surface area contributed by atoms with Crippen molar-refractivity contribution in [3.05, 3.63) is 53.2 Å². The molecule has 50 heavy (non-hydrogen) atoms. The van der Waals surface area contributed by atoms with Crippen LogP contribution in [0.5, 0.6) is 11.6 Å². The lowest BCUT2D eigenvalue weighted by Gasteiger charge is -2.33. The minimum absolute atomic E-state index is 0.0110. The summed E-state index contributed by atoms with van der Waals surface area (Å²) in [6.07, 6.45) is -0.728. The minimum atomic E-state index is -4.80. The third-order valence-corrected chi connectivity index (χ3v) is 9.90. The maximum Gasteiger partial charge on any atom is 0.433 e. The first-order chi connectivity index (χ1) is 23.6. The molecule has 4 rings (SSSR count). The van der Waals surface area contributed by atoms with Crippen LogP contribution in [-0.2, 0) is 17.5 Å². The summed E-state index contributed by atoms with van der Waals surface area (Å²) in [4.78, 5) is 52.8. The summed E-state index contributed by atoms with van der Waals surface area (Å²) in [7, 11) is 0. The first-order valence-electron chi connectivity index (χ1n) is 16.7. The quantitative estimate of drug-likeness (QED) is 0.106. The summed E-state index contributed by atoms with van der Waals surface area (Å²) in [5.74, 6) is 0.238. The second-order valence-electron chi connectivity index (χ2n) is 13.4. The number of benzene rings is 1. The molecule has 2 fully saturated rings. The smallest absolute Gasteiger partial charge is 0.433 e. The van der Waals surface area contributed by atoms with Crippen LogP contribution in [0, 0.1) is 0 Å². The molecule has 1 aromatic heterocycles. The number of pyridine rings is 1. The molecule has 16 heteroatoms. The van der Waals surface area contributed by atoms with Gasteiger partial charge in [0, 0.05) is 54.2 Å². The number of hydrogen-bond donors (Lipinski definition) is 5. The molecule has 0 aliphatic carbocycles. The molecule has 3 atom stereocenters. The van der Waals surface area contributed by atoms with E-state index >= 15 is 0 Å². The van der Waals surface area contributed by atoms with Crippen molar-refractivity contribution in [1.29, 1.82) is 0 Å². The lowest BCUT2D eigenvalue weighted by atomic mass is 10.0. The van der Waals surface area contributed by atoms with Crippen molar-refractivity contribution < 1.29 is 42.2 Å². The molecule has 12 nitrogen and oxygen atoms in total. The Hall–Kier alpha value is -4.21. The van der Waals surface area contributed by atoms with Crippen LogP contribution in [0.4, 0.5) is 22.8 Å². The number of alkyl halides is 3. The highest BCUT2D eigenvalue weighted by Crippen LogP contribution is 2.34. The minimum Gasteiger partial charge on any atom is -0.465 e. The highest BCUT2D eigenvalue weighted by atomic mass is 32.2. The number of ether oxygens (including phenoxy) is 1. The number of hydrogen-bond acceptors (Lipinski definition) is 7. The van der Waals surface area contributed by atoms with E-state index in [9.17, 15) is 37.5 Å². The fourth-order valence-corrected chi connectivity index (χ4v) is 7.31. The van der Waals surface area contributed by atoms with Gasteiger partial charge in [-0.3, -0.25) is 14.5 Å². The van der Waals surface area contributed by atoms with Gasteiger partial charge in [-0.2, -0.15) is 24.9 Å². The van der Waals surface area contributed by atoms with Gasteiger partial charge in [0.05, 0.1) is 12.1 Å². The molecule has 0 bridgehead atoms. The van der Waals surface area contributed by atoms with Crippen molar-refractivity contribution in [2.45, 2.75) is 101 Å². The van der Waals surface area contributed by atoms with Crippen molar-refractivity contribution in [2.24, 2.45) is 0 Å². The Balaban J connectivity index is 1.16. The summed E-state index contributed by atoms with van der Waals surface area (Å²) < 4.78 is 46.6. The molecular weight excluding hydrogens is 677 g/mol. The summed E-state index contributed by atoms with van der Waals surface area (Å²) in [6, 6.07) is 8.25. The van der Waals surface area contributed by atoms with Crippen LogP contribution in [0.25, 0.3) is 0 Å². The fraction of sp³-hybridized carbons (Fsp3) is 0.559. The highest BCUT2D eigenvalue weighted by Gasteiger charge is 2.42. The maximum absolute atomic E-state index is 13.6. The average Bonchev–Trinajstić information content (AvgIpc) is 3.59. The zero-order valence-electron chi connectivity index (χ0n) is 28.4. The van der Waals surface area contributed by atoms with Crippen LogP contribution in [0.1, 0.15) is 87.3 Å². The number of amides is 5. The van der Waals surface area contributed by atoms with Crippen LogP contribution in [0.2, 0.25) is 0 Å². The number of unbranched alkanes of at least 4 members (excludes halogenated alkanes) is 3. The topological polar surface area (TPSA) is 162 Å². The van der Waals surface area contributed by atoms with E-state index in [0.29, 0.717) is 31.2 Å². The van der Waals surface area contributed by atoms with Crippen molar-refractivity contribution in [2.75, 3.05) is 18.8 Å². The van der Waals surface area contributed by atoms with Gasteiger partial charge in [0.2, 0.25) is 11.8 Å². The van der Waals surface area contributed by atoms with E-state index in [1.165, 1.54) is 24.3 Å². The van der Waals surface area contributed by atoms with Gasteiger partial charge in [0.1, 0.15) is 11.4 Å². The number of halogens is 3. The Kier molecular flexibility index (Phi) is 13.2. The van der Waals surface area contributed by atoms with Gasteiger partial charge in [-0.25, -0.2) is 14.6 Å². The first-order valence-corrected chi connectivity index (χ1v) is 17.7. The largest absolute Gasteiger partial charge is 0.465 e. The molecule has 0 radical (unpaired) electrons. The number of carbonyl (C=O) groups excluding carboxylic acids is 3. The van der Waals surface area contributed by atoms with Crippen molar-refractivity contribution in [3.63, 3.8) is 0 Å². The zero-order chi connectivity index (χ0) is 36.5. The van der Waals surface area contributed by atoms with E-state index in [0.717, 1.165) is 48.8 Å². The second-order valence-corrected chi connectivity index (χ2v) is 14.7. The molecule has 2 aliphatic heterocycles. The van der Waals surface area contributed by atoms with E-state index in [2.05, 4.69) is 26.3 Å². The molecule has 2 saturated heterocycles. The number of fused-ring (bicyclic) bond motifs is 1. The molecule has 0 unspecified atom stereocenters. The Morgan fingerprint density at radius 1 is 1.02 bits per heavy atom. The average molecular weight is 723 g/mol. The molecule has 2 aliphatic rings. The van der Waals surface area contributed by atoms with Crippen LogP contribution >= 0.6 is 11.8 Å². The molecule has 1 aromatic carbocycles. The van der Waals surface area contributed by atoms with E-state index in [1.54, 1.807) is 26.8 Å². The summed E-state index contributed by atoms with van der Waals surface area (Å²) in [5, 5.41) is 21.6. The SMILES string of the molecule is CC(C)(C)N(Cc1cc(Oc2cccc(C(=O)NCCCCCNC(=O)CCCC[C@@H]3SC[C@@H]4NC(=O)N[C@@H]43)c2)nc(C(F)(F)F)c1)C(=O)O. The summed E-state index contributed by atoms with van der Waals surface area (Å²) in [5.41, 5.74) is -1.82. The molecule has 5 amide bonds. The van der Waals surface area contributed by atoms with Crippen molar-refractivity contribution in [3.8, 4) is 11.6 Å². The standard InChI is InChI=1S/C34H45F3N6O6S/c1-33(2,3)43(32(47)48)19-21-16-26(34(35,36)37)41-28(17-21)49-23-11-9-10-22(18-23)30(45)39-15-8-4-7-14-38-27(44)13-6-5-12-25-29-24(20-50-25)40-31(46)42-29/h9-11,16-18,24-25,29H,4-8,12-15,19-20H2,1-3H3,(H,38,44)(H,39,45)(H,47,48)(H2,40,42,46)/t24-,25-,29-/m0/s1. The number of carboxylic acid groups (broad SMARTS) is 1. The van der Waals surface area contributed by atoms with E-state index in [1.807, 2.05) is 11.8 Å². The molecule has 5 N–H and O–H groups in total. The van der Waals surface area contributed by atoms with Crippen LogP contribution in [-0.4, -0.2) is 80.6 Å². The summed E-state index contributed by atoms with van der Waals surface area (Å²) >= 11 is 1.87. The molecular formula is C34H45F3N6O6S. The number of urea groups is 1.